The molecule has 0 aliphatic rings. The fraction of sp³-hybridized carbons (Fsp3) is 0.476. The number of pyridine rings is 1. The highest BCUT2D eigenvalue weighted by Crippen LogP contribution is 2.32. The van der Waals surface area contributed by atoms with Crippen LogP contribution in [0.5, 0.6) is 0 Å². The quantitative estimate of drug-likeness (QED) is 0.684. The van der Waals surface area contributed by atoms with Gasteiger partial charge in [-0.15, -0.1) is 0 Å². The normalized spacial score (nSPS) is 14.6. The third-order valence-corrected chi connectivity index (χ3v) is 4.61. The van der Waals surface area contributed by atoms with Gasteiger partial charge in [0.05, 0.1) is 0 Å². The van der Waals surface area contributed by atoms with Crippen LogP contribution in [0.2, 0.25) is 0 Å². The van der Waals surface area contributed by atoms with Crippen molar-refractivity contribution < 1.29 is 0 Å². The second-order valence-electron chi connectivity index (χ2n) is 7.41. The molecular weight excluding hydrogens is 266 g/mol. The molecule has 118 valence electrons. The summed E-state index contributed by atoms with van der Waals surface area (Å²) >= 11 is 0. The first-order chi connectivity index (χ1) is 10.4. The molecule has 0 radical (unpaired) electrons. The minimum absolute atomic E-state index is 0.1000. The lowest BCUT2D eigenvalue weighted by molar-refractivity contribution is 0.440. The largest absolute Gasteiger partial charge is 0.261 e. The Kier molecular flexibility index (Phi) is 5.39. The van der Waals surface area contributed by atoms with Crippen molar-refractivity contribution in [3.8, 4) is 0 Å². The Labute approximate surface area is 135 Å². The van der Waals surface area contributed by atoms with Gasteiger partial charge in [-0.05, 0) is 41.5 Å². The minimum Gasteiger partial charge on any atom is -0.261 e. The first kappa shape index (κ1) is 16.7. The average molecular weight is 295 g/mol. The van der Waals surface area contributed by atoms with E-state index in [1.165, 1.54) is 23.2 Å². The molecule has 2 aromatic rings. The molecule has 0 saturated heterocycles. The summed E-state index contributed by atoms with van der Waals surface area (Å²) in [6.45, 7) is 11.3. The molecule has 1 nitrogen and oxygen atoms in total. The molecule has 0 N–H and O–H groups in total. The summed E-state index contributed by atoms with van der Waals surface area (Å²) in [4.78, 5) is 4.59. The molecule has 0 spiro atoms. The van der Waals surface area contributed by atoms with Gasteiger partial charge in [0.2, 0.25) is 0 Å². The van der Waals surface area contributed by atoms with E-state index in [9.17, 15) is 0 Å². The lowest BCUT2D eigenvalue weighted by atomic mass is 9.80. The number of benzene rings is 1. The van der Waals surface area contributed by atoms with E-state index in [2.05, 4.69) is 82.1 Å². The Balaban J connectivity index is 2.33. The van der Waals surface area contributed by atoms with Crippen molar-refractivity contribution in [3.63, 3.8) is 0 Å². The first-order valence-corrected chi connectivity index (χ1v) is 8.42. The van der Waals surface area contributed by atoms with E-state index in [0.717, 1.165) is 6.42 Å². The van der Waals surface area contributed by atoms with Gasteiger partial charge in [-0.25, -0.2) is 0 Å². The second kappa shape index (κ2) is 7.09. The van der Waals surface area contributed by atoms with Crippen LogP contribution in [0.25, 0.3) is 0 Å². The Hall–Kier alpha value is -1.63. The first-order valence-electron chi connectivity index (χ1n) is 8.42. The zero-order valence-corrected chi connectivity index (χ0v) is 14.6. The van der Waals surface area contributed by atoms with Gasteiger partial charge < -0.3 is 0 Å². The van der Waals surface area contributed by atoms with Gasteiger partial charge in [0.15, 0.2) is 0 Å². The molecule has 1 aromatic carbocycles. The fourth-order valence-corrected chi connectivity index (χ4v) is 2.89. The molecule has 0 aliphatic carbocycles. The van der Waals surface area contributed by atoms with Crippen molar-refractivity contribution >= 4 is 0 Å². The summed E-state index contributed by atoms with van der Waals surface area (Å²) in [6, 6.07) is 15.4. The SMILES string of the molecule is CCC(C)C(Cc1ccccc1)c1ccnc(C(C)(C)C)c1. The zero-order chi connectivity index (χ0) is 16.2. The Morgan fingerprint density at radius 1 is 1.05 bits per heavy atom. The maximum absolute atomic E-state index is 4.59. The zero-order valence-electron chi connectivity index (χ0n) is 14.6. The Morgan fingerprint density at radius 3 is 2.32 bits per heavy atom. The van der Waals surface area contributed by atoms with Crippen LogP contribution in [0.3, 0.4) is 0 Å². The van der Waals surface area contributed by atoms with E-state index in [4.69, 9.17) is 0 Å². The molecule has 0 saturated carbocycles. The molecule has 22 heavy (non-hydrogen) atoms. The molecule has 0 fully saturated rings. The smallest absolute Gasteiger partial charge is 0.0459 e. The van der Waals surface area contributed by atoms with Gasteiger partial charge in [-0.2, -0.15) is 0 Å². The molecule has 0 bridgehead atoms. The molecule has 0 amide bonds. The van der Waals surface area contributed by atoms with Crippen LogP contribution in [0.1, 0.15) is 63.8 Å². The number of hydrogen-bond donors (Lipinski definition) is 0. The van der Waals surface area contributed by atoms with E-state index in [-0.39, 0.29) is 5.41 Å². The summed E-state index contributed by atoms with van der Waals surface area (Å²) in [7, 11) is 0. The lowest BCUT2D eigenvalue weighted by Crippen LogP contribution is -2.17. The number of aromatic nitrogens is 1. The maximum atomic E-state index is 4.59. The predicted octanol–water partition coefficient (Wildman–Crippen LogP) is 5.75. The van der Waals surface area contributed by atoms with E-state index >= 15 is 0 Å². The van der Waals surface area contributed by atoms with Crippen LogP contribution in [-0.2, 0) is 11.8 Å². The monoisotopic (exact) mass is 295 g/mol. The maximum Gasteiger partial charge on any atom is 0.0459 e. The van der Waals surface area contributed by atoms with E-state index in [0.29, 0.717) is 11.8 Å². The molecule has 1 heteroatoms. The predicted molar refractivity (Wildman–Crippen MR) is 95.3 cm³/mol. The summed E-state index contributed by atoms with van der Waals surface area (Å²) in [6.07, 6.45) is 4.28. The standard InChI is InChI=1S/C21H29N/c1-6-16(2)19(14-17-10-8-7-9-11-17)18-12-13-22-20(15-18)21(3,4)5/h7-13,15-16,19H,6,14H2,1-5H3. The molecule has 0 aliphatic heterocycles. The molecule has 2 unspecified atom stereocenters. The summed E-state index contributed by atoms with van der Waals surface area (Å²) < 4.78 is 0. The third-order valence-electron chi connectivity index (χ3n) is 4.61. The molecular formula is C21H29N. The molecule has 1 heterocycles. The summed E-state index contributed by atoms with van der Waals surface area (Å²) in [5, 5.41) is 0. The van der Waals surface area contributed by atoms with Crippen molar-refractivity contribution in [1.29, 1.82) is 0 Å². The van der Waals surface area contributed by atoms with Gasteiger partial charge in [0.1, 0.15) is 0 Å². The highest BCUT2D eigenvalue weighted by atomic mass is 14.7. The number of nitrogens with zero attached hydrogens (tertiary/aromatic N) is 1. The third kappa shape index (κ3) is 4.19. The van der Waals surface area contributed by atoms with Crippen LogP contribution < -0.4 is 0 Å². The fourth-order valence-electron chi connectivity index (χ4n) is 2.89. The summed E-state index contributed by atoms with van der Waals surface area (Å²) in [5.41, 5.74) is 4.13. The Bertz CT molecular complexity index is 580. The Morgan fingerprint density at radius 2 is 1.73 bits per heavy atom. The van der Waals surface area contributed by atoms with Crippen LogP contribution in [0.4, 0.5) is 0 Å². The van der Waals surface area contributed by atoms with Gasteiger partial charge in [-0.3, -0.25) is 4.98 Å². The highest BCUT2D eigenvalue weighted by Gasteiger charge is 2.22. The topological polar surface area (TPSA) is 12.9 Å². The molecule has 1 aromatic heterocycles. The molecule has 2 atom stereocenters. The van der Waals surface area contributed by atoms with Crippen molar-refractivity contribution in [2.24, 2.45) is 5.92 Å². The van der Waals surface area contributed by atoms with E-state index in [1.54, 1.807) is 0 Å². The van der Waals surface area contributed by atoms with Gasteiger partial charge in [-0.1, -0.05) is 71.4 Å². The average Bonchev–Trinajstić information content (AvgIpc) is 2.52. The molecule has 2 rings (SSSR count). The van der Waals surface area contributed by atoms with Crippen molar-refractivity contribution in [2.45, 2.75) is 58.8 Å². The highest BCUT2D eigenvalue weighted by molar-refractivity contribution is 5.28. The van der Waals surface area contributed by atoms with Crippen molar-refractivity contribution in [1.82, 2.24) is 4.98 Å². The van der Waals surface area contributed by atoms with Crippen molar-refractivity contribution in [2.75, 3.05) is 0 Å². The minimum atomic E-state index is 0.1000. The van der Waals surface area contributed by atoms with E-state index < -0.39 is 0 Å². The summed E-state index contributed by atoms with van der Waals surface area (Å²) in [5.74, 6) is 1.21. The van der Waals surface area contributed by atoms with Crippen LogP contribution in [0.15, 0.2) is 48.7 Å². The van der Waals surface area contributed by atoms with Crippen LogP contribution in [-0.4, -0.2) is 4.98 Å². The van der Waals surface area contributed by atoms with Crippen LogP contribution >= 0.6 is 0 Å². The number of hydrogen-bond acceptors (Lipinski definition) is 1. The number of rotatable bonds is 5. The van der Waals surface area contributed by atoms with Crippen molar-refractivity contribution in [3.05, 3.63) is 65.5 Å². The van der Waals surface area contributed by atoms with E-state index in [1.807, 2.05) is 6.20 Å². The lowest BCUT2D eigenvalue weighted by Gasteiger charge is -2.26. The van der Waals surface area contributed by atoms with Gasteiger partial charge >= 0.3 is 0 Å². The van der Waals surface area contributed by atoms with Crippen LogP contribution in [0, 0.1) is 5.92 Å². The second-order valence-corrected chi connectivity index (χ2v) is 7.41. The van der Waals surface area contributed by atoms with Gasteiger partial charge in [0.25, 0.3) is 0 Å². The van der Waals surface area contributed by atoms with Gasteiger partial charge in [0, 0.05) is 17.3 Å².